The third-order valence-corrected chi connectivity index (χ3v) is 4.55. The zero-order valence-electron chi connectivity index (χ0n) is 17.1. The second kappa shape index (κ2) is 10.2. The lowest BCUT2D eigenvalue weighted by Crippen LogP contribution is -2.09. The Labute approximate surface area is 176 Å². The quantitative estimate of drug-likeness (QED) is 0.323. The number of rotatable bonds is 9. The highest BCUT2D eigenvalue weighted by atomic mass is 16.5. The molecule has 154 valence electrons. The highest BCUT2D eigenvalue weighted by molar-refractivity contribution is 5.96. The van der Waals surface area contributed by atoms with Gasteiger partial charge in [-0.05, 0) is 72.1 Å². The van der Waals surface area contributed by atoms with Crippen LogP contribution in [0.25, 0.3) is 0 Å². The Bertz CT molecular complexity index is 1000. The normalized spacial score (nSPS) is 10.3. The van der Waals surface area contributed by atoms with Gasteiger partial charge in [-0.25, -0.2) is 4.79 Å². The number of aryl methyl sites for hydroxylation is 1. The zero-order valence-corrected chi connectivity index (χ0v) is 17.1. The summed E-state index contributed by atoms with van der Waals surface area (Å²) >= 11 is 0. The molecule has 0 radical (unpaired) electrons. The maximum atomic E-state index is 12.3. The molecule has 0 aromatic heterocycles. The van der Waals surface area contributed by atoms with Crippen molar-refractivity contribution in [2.45, 2.75) is 26.8 Å². The van der Waals surface area contributed by atoms with Gasteiger partial charge in [-0.15, -0.1) is 4.91 Å². The molecule has 0 atom stereocenters. The first-order valence-electron chi connectivity index (χ1n) is 9.90. The fourth-order valence-electron chi connectivity index (χ4n) is 3.07. The molecule has 3 rings (SSSR count). The van der Waals surface area contributed by atoms with Gasteiger partial charge in [0.05, 0.1) is 12.2 Å². The van der Waals surface area contributed by atoms with Gasteiger partial charge in [-0.3, -0.25) is 0 Å². The second-order valence-corrected chi connectivity index (χ2v) is 6.96. The standard InChI is InChI=1S/C24H25N3O3/c1-3-13-30-24(28)22-15-18(14-17(2)23(22)27-29)16-25-19-9-11-21(12-10-19)26-20-7-5-4-6-8-20/h4-12,14-15,25-26H,3,13,16H2,1-2H3. The number of carbonyl (C=O) groups excluding carboxylic acids is 1. The van der Waals surface area contributed by atoms with Crippen LogP contribution in [-0.2, 0) is 11.3 Å². The van der Waals surface area contributed by atoms with Crippen LogP contribution in [0.15, 0.2) is 71.9 Å². The third-order valence-electron chi connectivity index (χ3n) is 4.55. The van der Waals surface area contributed by atoms with E-state index in [1.807, 2.05) is 67.6 Å². The summed E-state index contributed by atoms with van der Waals surface area (Å²) < 4.78 is 5.19. The molecule has 0 aliphatic carbocycles. The van der Waals surface area contributed by atoms with E-state index in [1.54, 1.807) is 13.0 Å². The van der Waals surface area contributed by atoms with Crippen molar-refractivity contribution in [3.05, 3.63) is 88.3 Å². The molecule has 0 bridgehead atoms. The van der Waals surface area contributed by atoms with Crippen molar-refractivity contribution < 1.29 is 9.53 Å². The highest BCUT2D eigenvalue weighted by Crippen LogP contribution is 2.27. The van der Waals surface area contributed by atoms with E-state index in [4.69, 9.17) is 4.74 Å². The van der Waals surface area contributed by atoms with Crippen LogP contribution < -0.4 is 10.6 Å². The zero-order chi connectivity index (χ0) is 21.3. The molecular weight excluding hydrogens is 378 g/mol. The first-order valence-corrected chi connectivity index (χ1v) is 9.90. The Balaban J connectivity index is 1.68. The smallest absolute Gasteiger partial charge is 0.340 e. The van der Waals surface area contributed by atoms with Crippen LogP contribution in [0.2, 0.25) is 0 Å². The number of nitroso groups, excluding NO2 is 1. The molecule has 0 unspecified atom stereocenters. The SMILES string of the molecule is CCCOC(=O)c1cc(CNc2ccc(Nc3ccccc3)cc2)cc(C)c1N=O. The lowest BCUT2D eigenvalue weighted by atomic mass is 10.0. The van der Waals surface area contributed by atoms with E-state index in [-0.39, 0.29) is 11.3 Å². The first-order chi connectivity index (χ1) is 14.6. The summed E-state index contributed by atoms with van der Waals surface area (Å²) in [5.41, 5.74) is 4.82. The van der Waals surface area contributed by atoms with Crippen LogP contribution in [0, 0.1) is 11.8 Å². The Morgan fingerprint density at radius 3 is 2.30 bits per heavy atom. The van der Waals surface area contributed by atoms with Gasteiger partial charge in [-0.2, -0.15) is 0 Å². The number of nitrogens with one attached hydrogen (secondary N) is 2. The molecule has 0 amide bonds. The number of esters is 1. The van der Waals surface area contributed by atoms with Crippen molar-refractivity contribution >= 4 is 28.7 Å². The number of nitrogens with zero attached hydrogens (tertiary/aromatic N) is 1. The number of para-hydroxylation sites is 1. The van der Waals surface area contributed by atoms with E-state index in [9.17, 15) is 9.70 Å². The lowest BCUT2D eigenvalue weighted by molar-refractivity contribution is 0.0506. The molecule has 30 heavy (non-hydrogen) atoms. The van der Waals surface area contributed by atoms with Gasteiger partial charge in [0, 0.05) is 23.6 Å². The summed E-state index contributed by atoms with van der Waals surface area (Å²) in [4.78, 5) is 23.5. The van der Waals surface area contributed by atoms with Crippen LogP contribution in [0.3, 0.4) is 0 Å². The molecule has 0 aliphatic rings. The molecule has 2 N–H and O–H groups in total. The molecule has 3 aromatic carbocycles. The van der Waals surface area contributed by atoms with E-state index in [1.165, 1.54) is 0 Å². The number of hydrogen-bond donors (Lipinski definition) is 2. The van der Waals surface area contributed by atoms with Gasteiger partial charge in [0.15, 0.2) is 0 Å². The fraction of sp³-hybridized carbons (Fsp3) is 0.208. The van der Waals surface area contributed by atoms with Crippen molar-refractivity contribution in [1.29, 1.82) is 0 Å². The fourth-order valence-corrected chi connectivity index (χ4v) is 3.07. The predicted molar refractivity (Wildman–Crippen MR) is 121 cm³/mol. The van der Waals surface area contributed by atoms with Gasteiger partial charge in [0.1, 0.15) is 5.69 Å². The number of hydrogen-bond acceptors (Lipinski definition) is 6. The Kier molecular flexibility index (Phi) is 7.16. The molecule has 0 heterocycles. The molecule has 0 fully saturated rings. The summed E-state index contributed by atoms with van der Waals surface area (Å²) in [5.74, 6) is -0.521. The largest absolute Gasteiger partial charge is 0.462 e. The maximum Gasteiger partial charge on any atom is 0.340 e. The average molecular weight is 403 g/mol. The summed E-state index contributed by atoms with van der Waals surface area (Å²) in [5, 5.41) is 9.70. The Morgan fingerprint density at radius 2 is 1.63 bits per heavy atom. The van der Waals surface area contributed by atoms with Crippen molar-refractivity contribution in [3.63, 3.8) is 0 Å². The van der Waals surface area contributed by atoms with Crippen LogP contribution >= 0.6 is 0 Å². The van der Waals surface area contributed by atoms with Crippen LogP contribution in [-0.4, -0.2) is 12.6 Å². The highest BCUT2D eigenvalue weighted by Gasteiger charge is 2.17. The topological polar surface area (TPSA) is 79.8 Å². The Hall–Kier alpha value is -3.67. The lowest BCUT2D eigenvalue weighted by Gasteiger charge is -2.12. The summed E-state index contributed by atoms with van der Waals surface area (Å²) in [6.07, 6.45) is 0.713. The number of ether oxygens (including phenoxy) is 1. The monoisotopic (exact) mass is 403 g/mol. The van der Waals surface area contributed by atoms with Crippen LogP contribution in [0.5, 0.6) is 0 Å². The minimum absolute atomic E-state index is 0.135. The number of benzene rings is 3. The minimum atomic E-state index is -0.521. The van der Waals surface area contributed by atoms with Gasteiger partial charge >= 0.3 is 5.97 Å². The number of carbonyl (C=O) groups is 1. The van der Waals surface area contributed by atoms with Gasteiger partial charge in [-0.1, -0.05) is 31.2 Å². The van der Waals surface area contributed by atoms with Crippen molar-refractivity contribution in [3.8, 4) is 0 Å². The number of anilines is 3. The van der Waals surface area contributed by atoms with E-state index >= 15 is 0 Å². The summed E-state index contributed by atoms with van der Waals surface area (Å²) in [7, 11) is 0. The minimum Gasteiger partial charge on any atom is -0.462 e. The van der Waals surface area contributed by atoms with Gasteiger partial charge < -0.3 is 15.4 Å². The van der Waals surface area contributed by atoms with Crippen molar-refractivity contribution in [2.75, 3.05) is 17.2 Å². The van der Waals surface area contributed by atoms with Crippen LogP contribution in [0.1, 0.15) is 34.8 Å². The molecule has 6 heteroatoms. The van der Waals surface area contributed by atoms with E-state index < -0.39 is 5.97 Å². The van der Waals surface area contributed by atoms with Gasteiger partial charge in [0.25, 0.3) is 0 Å². The molecule has 6 nitrogen and oxygen atoms in total. The molecule has 3 aromatic rings. The van der Waals surface area contributed by atoms with Crippen molar-refractivity contribution in [1.82, 2.24) is 0 Å². The van der Waals surface area contributed by atoms with Crippen molar-refractivity contribution in [2.24, 2.45) is 5.18 Å². The second-order valence-electron chi connectivity index (χ2n) is 6.96. The molecular formula is C24H25N3O3. The maximum absolute atomic E-state index is 12.3. The average Bonchev–Trinajstić information content (AvgIpc) is 2.77. The van der Waals surface area contributed by atoms with Gasteiger partial charge in [0.2, 0.25) is 0 Å². The van der Waals surface area contributed by atoms with Crippen LogP contribution in [0.4, 0.5) is 22.7 Å². The molecule has 0 saturated heterocycles. The predicted octanol–water partition coefficient (Wildman–Crippen LogP) is 6.32. The van der Waals surface area contributed by atoms with E-state index in [0.29, 0.717) is 25.1 Å². The third kappa shape index (κ3) is 5.44. The molecule has 0 spiro atoms. The summed E-state index contributed by atoms with van der Waals surface area (Å²) in [6, 6.07) is 21.4. The molecule has 0 saturated carbocycles. The molecule has 0 aliphatic heterocycles. The summed E-state index contributed by atoms with van der Waals surface area (Å²) in [6.45, 7) is 4.49. The van der Waals surface area contributed by atoms with E-state index in [2.05, 4.69) is 15.8 Å². The van der Waals surface area contributed by atoms with E-state index in [0.717, 1.165) is 22.6 Å². The Morgan fingerprint density at radius 1 is 0.967 bits per heavy atom. The first kappa shape index (κ1) is 21.0.